The summed E-state index contributed by atoms with van der Waals surface area (Å²) in [6.45, 7) is 8.88. The first kappa shape index (κ1) is 17.1. The van der Waals surface area contributed by atoms with Crippen LogP contribution in [0.1, 0.15) is 40.9 Å². The number of hydrogen-bond donors (Lipinski definition) is 1. The fourth-order valence-corrected chi connectivity index (χ4v) is 2.43. The Bertz CT molecular complexity index is 687. The van der Waals surface area contributed by atoms with Crippen LogP contribution >= 0.6 is 0 Å². The average Bonchev–Trinajstić information content (AvgIpc) is 2.55. The SMILES string of the molecule is COc1ccc(C(C)(C)CNC(=O)c2ccc(C)c(C)c2)cc1. The maximum Gasteiger partial charge on any atom is 0.251 e. The van der Waals surface area contributed by atoms with Crippen LogP contribution < -0.4 is 10.1 Å². The minimum atomic E-state index is -0.151. The van der Waals surface area contributed by atoms with E-state index in [1.165, 1.54) is 11.1 Å². The van der Waals surface area contributed by atoms with Gasteiger partial charge in [0, 0.05) is 17.5 Å². The first-order valence-corrected chi connectivity index (χ1v) is 7.83. The molecule has 0 atom stereocenters. The molecule has 2 aromatic rings. The highest BCUT2D eigenvalue weighted by molar-refractivity contribution is 5.94. The van der Waals surface area contributed by atoms with Gasteiger partial charge in [-0.3, -0.25) is 4.79 Å². The summed E-state index contributed by atoms with van der Waals surface area (Å²) < 4.78 is 5.19. The van der Waals surface area contributed by atoms with Crippen molar-refractivity contribution >= 4 is 5.91 Å². The lowest BCUT2D eigenvalue weighted by molar-refractivity contribution is 0.0945. The second-order valence-electron chi connectivity index (χ2n) is 6.59. The van der Waals surface area contributed by atoms with Crippen molar-refractivity contribution in [2.45, 2.75) is 33.1 Å². The van der Waals surface area contributed by atoms with Gasteiger partial charge in [0.2, 0.25) is 0 Å². The van der Waals surface area contributed by atoms with Gasteiger partial charge in [0.15, 0.2) is 0 Å². The van der Waals surface area contributed by atoms with Crippen LogP contribution in [0.2, 0.25) is 0 Å². The second kappa shape index (κ2) is 6.86. The molecule has 0 aromatic heterocycles. The summed E-state index contributed by atoms with van der Waals surface area (Å²) in [4.78, 5) is 12.4. The molecule has 0 saturated heterocycles. The fourth-order valence-electron chi connectivity index (χ4n) is 2.43. The summed E-state index contributed by atoms with van der Waals surface area (Å²) in [5, 5.41) is 3.04. The number of ether oxygens (including phenoxy) is 1. The molecule has 3 heteroatoms. The van der Waals surface area contributed by atoms with E-state index in [0.29, 0.717) is 12.1 Å². The molecular weight excluding hydrogens is 286 g/mol. The van der Waals surface area contributed by atoms with E-state index in [4.69, 9.17) is 4.74 Å². The van der Waals surface area contributed by atoms with Crippen LogP contribution in [0, 0.1) is 13.8 Å². The maximum atomic E-state index is 12.4. The van der Waals surface area contributed by atoms with E-state index in [1.54, 1.807) is 7.11 Å². The molecule has 1 N–H and O–H groups in total. The molecule has 0 unspecified atom stereocenters. The quantitative estimate of drug-likeness (QED) is 0.905. The molecule has 0 bridgehead atoms. The van der Waals surface area contributed by atoms with Gasteiger partial charge in [-0.05, 0) is 54.8 Å². The van der Waals surface area contributed by atoms with Crippen molar-refractivity contribution in [1.82, 2.24) is 5.32 Å². The van der Waals surface area contributed by atoms with E-state index < -0.39 is 0 Å². The van der Waals surface area contributed by atoms with Gasteiger partial charge >= 0.3 is 0 Å². The summed E-state index contributed by atoms with van der Waals surface area (Å²) in [7, 11) is 1.66. The van der Waals surface area contributed by atoms with Crippen molar-refractivity contribution in [3.63, 3.8) is 0 Å². The van der Waals surface area contributed by atoms with Crippen LogP contribution in [0.25, 0.3) is 0 Å². The van der Waals surface area contributed by atoms with Crippen molar-refractivity contribution in [2.75, 3.05) is 13.7 Å². The molecule has 1 amide bonds. The Kier molecular flexibility index (Phi) is 5.09. The van der Waals surface area contributed by atoms with Gasteiger partial charge in [0.05, 0.1) is 7.11 Å². The number of benzene rings is 2. The number of methoxy groups -OCH3 is 1. The highest BCUT2D eigenvalue weighted by atomic mass is 16.5. The van der Waals surface area contributed by atoms with E-state index in [-0.39, 0.29) is 11.3 Å². The van der Waals surface area contributed by atoms with Crippen molar-refractivity contribution in [1.29, 1.82) is 0 Å². The number of rotatable bonds is 5. The van der Waals surface area contributed by atoms with Crippen molar-refractivity contribution in [2.24, 2.45) is 0 Å². The Hall–Kier alpha value is -2.29. The molecule has 0 aliphatic heterocycles. The first-order valence-electron chi connectivity index (χ1n) is 7.83. The van der Waals surface area contributed by atoms with Gasteiger partial charge in [-0.1, -0.05) is 32.0 Å². The molecule has 0 heterocycles. The smallest absolute Gasteiger partial charge is 0.251 e. The zero-order valence-corrected chi connectivity index (χ0v) is 14.6. The van der Waals surface area contributed by atoms with Crippen LogP contribution in [0.3, 0.4) is 0 Å². The highest BCUT2D eigenvalue weighted by Gasteiger charge is 2.21. The molecule has 122 valence electrons. The number of hydrogen-bond acceptors (Lipinski definition) is 2. The third-order valence-electron chi connectivity index (χ3n) is 4.33. The lowest BCUT2D eigenvalue weighted by atomic mass is 9.84. The first-order chi connectivity index (χ1) is 10.8. The summed E-state index contributed by atoms with van der Waals surface area (Å²) in [5.74, 6) is 0.804. The molecule has 3 nitrogen and oxygen atoms in total. The zero-order chi connectivity index (χ0) is 17.0. The van der Waals surface area contributed by atoms with Crippen molar-refractivity contribution in [3.05, 3.63) is 64.7 Å². The Labute approximate surface area is 138 Å². The molecule has 0 saturated carbocycles. The third-order valence-corrected chi connectivity index (χ3v) is 4.33. The number of carbonyl (C=O) groups excluding carboxylic acids is 1. The second-order valence-corrected chi connectivity index (χ2v) is 6.59. The lowest BCUT2D eigenvalue weighted by Crippen LogP contribution is -2.36. The molecular formula is C20H25NO2. The fraction of sp³-hybridized carbons (Fsp3) is 0.350. The minimum Gasteiger partial charge on any atom is -0.497 e. The Balaban J connectivity index is 2.05. The zero-order valence-electron chi connectivity index (χ0n) is 14.6. The van der Waals surface area contributed by atoms with Gasteiger partial charge in [-0.2, -0.15) is 0 Å². The molecule has 0 fully saturated rings. The monoisotopic (exact) mass is 311 g/mol. The molecule has 23 heavy (non-hydrogen) atoms. The van der Waals surface area contributed by atoms with Crippen LogP contribution in [-0.4, -0.2) is 19.6 Å². The molecule has 2 aromatic carbocycles. The summed E-state index contributed by atoms with van der Waals surface area (Å²) in [6, 6.07) is 13.8. The molecule has 2 rings (SSSR count). The Morgan fingerprint density at radius 2 is 1.70 bits per heavy atom. The number of amides is 1. The topological polar surface area (TPSA) is 38.3 Å². The lowest BCUT2D eigenvalue weighted by Gasteiger charge is -2.26. The van der Waals surface area contributed by atoms with Gasteiger partial charge in [0.25, 0.3) is 5.91 Å². The highest BCUT2D eigenvalue weighted by Crippen LogP contribution is 2.24. The molecule has 0 aliphatic carbocycles. The molecule has 0 spiro atoms. The summed E-state index contributed by atoms with van der Waals surface area (Å²) >= 11 is 0. The van der Waals surface area contributed by atoms with E-state index in [0.717, 1.165) is 11.3 Å². The van der Waals surface area contributed by atoms with Gasteiger partial charge in [-0.25, -0.2) is 0 Å². The van der Waals surface area contributed by atoms with E-state index in [1.807, 2.05) is 56.3 Å². The maximum absolute atomic E-state index is 12.4. The van der Waals surface area contributed by atoms with Gasteiger partial charge < -0.3 is 10.1 Å². The Morgan fingerprint density at radius 1 is 1.04 bits per heavy atom. The normalized spacial score (nSPS) is 11.2. The predicted octanol–water partition coefficient (Wildman–Crippen LogP) is 4.02. The largest absolute Gasteiger partial charge is 0.497 e. The minimum absolute atomic E-state index is 0.0327. The molecule has 0 radical (unpaired) electrons. The van der Waals surface area contributed by atoms with Crippen molar-refractivity contribution in [3.8, 4) is 5.75 Å². The van der Waals surface area contributed by atoms with E-state index in [2.05, 4.69) is 19.2 Å². The number of nitrogens with one attached hydrogen (secondary N) is 1. The van der Waals surface area contributed by atoms with E-state index in [9.17, 15) is 4.79 Å². The van der Waals surface area contributed by atoms with Crippen LogP contribution in [-0.2, 0) is 5.41 Å². The summed E-state index contributed by atoms with van der Waals surface area (Å²) in [6.07, 6.45) is 0. The standard InChI is InChI=1S/C20H25NO2/c1-14-6-7-16(12-15(14)2)19(22)21-13-20(3,4)17-8-10-18(23-5)11-9-17/h6-12H,13H2,1-5H3,(H,21,22). The Morgan fingerprint density at radius 3 is 2.26 bits per heavy atom. The summed E-state index contributed by atoms with van der Waals surface area (Å²) in [5.41, 5.74) is 4.05. The van der Waals surface area contributed by atoms with Crippen molar-refractivity contribution < 1.29 is 9.53 Å². The number of aryl methyl sites for hydroxylation is 2. The van der Waals surface area contributed by atoms with Gasteiger partial charge in [-0.15, -0.1) is 0 Å². The molecule has 0 aliphatic rings. The predicted molar refractivity (Wildman–Crippen MR) is 94.3 cm³/mol. The third kappa shape index (κ3) is 4.13. The van der Waals surface area contributed by atoms with Gasteiger partial charge in [0.1, 0.15) is 5.75 Å². The van der Waals surface area contributed by atoms with Crippen LogP contribution in [0.15, 0.2) is 42.5 Å². The van der Waals surface area contributed by atoms with E-state index >= 15 is 0 Å². The number of carbonyl (C=O) groups is 1. The van der Waals surface area contributed by atoms with Crippen LogP contribution in [0.4, 0.5) is 0 Å². The van der Waals surface area contributed by atoms with Crippen LogP contribution in [0.5, 0.6) is 5.75 Å². The average molecular weight is 311 g/mol.